The number of carbonyl (C=O) groups excluding carboxylic acids is 2. The van der Waals surface area contributed by atoms with Gasteiger partial charge in [-0.25, -0.2) is 8.42 Å². The van der Waals surface area contributed by atoms with Crippen LogP contribution in [-0.4, -0.2) is 86.7 Å². The van der Waals surface area contributed by atoms with Crippen molar-refractivity contribution in [2.24, 2.45) is 0 Å². The maximum atomic E-state index is 13.1. The van der Waals surface area contributed by atoms with E-state index in [1.807, 2.05) is 12.1 Å². The summed E-state index contributed by atoms with van der Waals surface area (Å²) >= 11 is 0. The van der Waals surface area contributed by atoms with E-state index in [-0.39, 0.29) is 28.9 Å². The summed E-state index contributed by atoms with van der Waals surface area (Å²) in [5, 5.41) is 3.10. The van der Waals surface area contributed by atoms with Crippen LogP contribution in [0.4, 0.5) is 0 Å². The second-order valence-electron chi connectivity index (χ2n) is 11.2. The number of carbonyl (C=O) groups is 2. The van der Waals surface area contributed by atoms with Gasteiger partial charge in [0.25, 0.3) is 11.8 Å². The summed E-state index contributed by atoms with van der Waals surface area (Å²) in [6.07, 6.45) is 5.61. The minimum Gasteiger partial charge on any atom is -0.497 e. The van der Waals surface area contributed by atoms with Gasteiger partial charge in [0, 0.05) is 64.1 Å². The van der Waals surface area contributed by atoms with Crippen molar-refractivity contribution in [2.45, 2.75) is 49.3 Å². The zero-order valence-electron chi connectivity index (χ0n) is 24.6. The first-order chi connectivity index (χ1) is 20.7. The largest absolute Gasteiger partial charge is 0.497 e. The van der Waals surface area contributed by atoms with E-state index in [9.17, 15) is 18.0 Å². The number of ether oxygens (including phenoxy) is 2. The molecule has 2 amide bonds. The molecule has 3 aromatic rings. The Morgan fingerprint density at radius 1 is 0.930 bits per heavy atom. The number of rotatable bonds is 9. The van der Waals surface area contributed by atoms with Crippen molar-refractivity contribution in [1.29, 1.82) is 0 Å². The summed E-state index contributed by atoms with van der Waals surface area (Å²) in [6.45, 7) is 3.69. The fraction of sp³-hybridized carbons (Fsp3) is 0.406. The molecule has 2 saturated heterocycles. The van der Waals surface area contributed by atoms with Gasteiger partial charge >= 0.3 is 0 Å². The van der Waals surface area contributed by atoms with E-state index in [0.717, 1.165) is 38.2 Å². The molecule has 0 bridgehead atoms. The van der Waals surface area contributed by atoms with Crippen LogP contribution in [0.1, 0.15) is 52.1 Å². The summed E-state index contributed by atoms with van der Waals surface area (Å²) < 4.78 is 34.6. The lowest BCUT2D eigenvalue weighted by atomic mass is 10.0. The van der Waals surface area contributed by atoms with Gasteiger partial charge in [0.2, 0.25) is 0 Å². The number of aromatic nitrogens is 1. The quantitative estimate of drug-likeness (QED) is 0.393. The molecule has 3 heterocycles. The third-order valence-corrected chi connectivity index (χ3v) is 9.12. The average Bonchev–Trinajstić information content (AvgIpc) is 3.02. The zero-order valence-corrected chi connectivity index (χ0v) is 25.4. The van der Waals surface area contributed by atoms with Crippen molar-refractivity contribution < 1.29 is 27.5 Å². The van der Waals surface area contributed by atoms with Crippen LogP contribution >= 0.6 is 0 Å². The topological polar surface area (TPSA) is 118 Å². The lowest BCUT2D eigenvalue weighted by molar-refractivity contribution is 0.0594. The van der Waals surface area contributed by atoms with Crippen LogP contribution in [0.2, 0.25) is 0 Å². The number of sulfone groups is 1. The normalized spacial score (nSPS) is 16.9. The van der Waals surface area contributed by atoms with Gasteiger partial charge in [0.05, 0.1) is 17.6 Å². The Hall–Kier alpha value is -3.96. The molecular weight excluding hydrogens is 568 g/mol. The predicted molar refractivity (Wildman–Crippen MR) is 162 cm³/mol. The van der Waals surface area contributed by atoms with Crippen LogP contribution in [0.5, 0.6) is 11.5 Å². The van der Waals surface area contributed by atoms with Crippen molar-refractivity contribution in [2.75, 3.05) is 39.5 Å². The summed E-state index contributed by atoms with van der Waals surface area (Å²) in [5.74, 6) is 1.10. The summed E-state index contributed by atoms with van der Waals surface area (Å²) in [7, 11) is -1.58. The number of benzene rings is 2. The maximum Gasteiger partial charge on any atom is 0.270 e. The molecule has 2 aliphatic heterocycles. The number of likely N-dealkylation sites (tertiary alicyclic amines) is 2. The second-order valence-corrected chi connectivity index (χ2v) is 13.2. The Morgan fingerprint density at radius 2 is 1.65 bits per heavy atom. The fourth-order valence-corrected chi connectivity index (χ4v) is 6.13. The summed E-state index contributed by atoms with van der Waals surface area (Å²) in [4.78, 5) is 34.6. The number of amides is 2. The Bertz CT molecular complexity index is 1510. The zero-order chi connectivity index (χ0) is 30.4. The van der Waals surface area contributed by atoms with Gasteiger partial charge < -0.3 is 19.7 Å². The number of pyridine rings is 1. The molecule has 10 nitrogen and oxygen atoms in total. The average molecular weight is 607 g/mol. The van der Waals surface area contributed by atoms with Gasteiger partial charge in [-0.05, 0) is 66.9 Å². The van der Waals surface area contributed by atoms with E-state index in [1.165, 1.54) is 30.1 Å². The van der Waals surface area contributed by atoms with Gasteiger partial charge in [0.15, 0.2) is 9.84 Å². The number of nitrogens with zero attached hydrogens (tertiary/aromatic N) is 3. The van der Waals surface area contributed by atoms with E-state index < -0.39 is 9.84 Å². The SMILES string of the molecule is COc1cccc(CN2CCC(NC(=O)c3ccc(C(=O)N4CCC(Oc5ccc(S(C)(=O)=O)cc5)CC4)cn3)CC2)c1. The van der Waals surface area contributed by atoms with E-state index in [0.29, 0.717) is 42.9 Å². The van der Waals surface area contributed by atoms with E-state index >= 15 is 0 Å². The molecule has 1 aromatic heterocycles. The Kier molecular flexibility index (Phi) is 9.62. The molecule has 0 radical (unpaired) electrons. The standard InChI is InChI=1S/C32H38N4O6S/c1-41-28-5-3-4-23(20-28)22-35-16-12-25(13-17-35)34-31(37)30-11-6-24(21-33-30)32(38)36-18-14-27(15-19-36)42-26-7-9-29(10-8-26)43(2,39)40/h3-11,20-21,25,27H,12-19,22H2,1-2H3,(H,34,37). The van der Waals surface area contributed by atoms with Crippen molar-refractivity contribution in [3.8, 4) is 11.5 Å². The van der Waals surface area contributed by atoms with Crippen LogP contribution in [0.25, 0.3) is 0 Å². The van der Waals surface area contributed by atoms with Crippen molar-refractivity contribution >= 4 is 21.7 Å². The Morgan fingerprint density at radius 3 is 2.28 bits per heavy atom. The van der Waals surface area contributed by atoms with Crippen molar-refractivity contribution in [3.05, 3.63) is 83.7 Å². The highest BCUT2D eigenvalue weighted by Gasteiger charge is 2.26. The molecule has 2 fully saturated rings. The number of hydrogen-bond acceptors (Lipinski definition) is 8. The molecule has 2 aliphatic rings. The van der Waals surface area contributed by atoms with Crippen LogP contribution in [0.15, 0.2) is 71.8 Å². The van der Waals surface area contributed by atoms with Crippen LogP contribution in [0.3, 0.4) is 0 Å². The molecule has 0 aliphatic carbocycles. The van der Waals surface area contributed by atoms with Crippen LogP contribution in [0, 0.1) is 0 Å². The number of piperidine rings is 2. The van der Waals surface area contributed by atoms with E-state index in [2.05, 4.69) is 27.3 Å². The maximum absolute atomic E-state index is 13.1. The smallest absolute Gasteiger partial charge is 0.270 e. The first-order valence-corrected chi connectivity index (χ1v) is 16.5. The van der Waals surface area contributed by atoms with Crippen LogP contribution in [-0.2, 0) is 16.4 Å². The number of nitrogens with one attached hydrogen (secondary N) is 1. The lowest BCUT2D eigenvalue weighted by Crippen LogP contribution is -2.44. The lowest BCUT2D eigenvalue weighted by Gasteiger charge is -2.32. The molecule has 0 spiro atoms. The minimum atomic E-state index is -3.25. The summed E-state index contributed by atoms with van der Waals surface area (Å²) in [6, 6.07) is 17.8. The van der Waals surface area contributed by atoms with Gasteiger partial charge in [0.1, 0.15) is 23.3 Å². The van der Waals surface area contributed by atoms with Crippen molar-refractivity contribution in [1.82, 2.24) is 20.1 Å². The highest BCUT2D eigenvalue weighted by atomic mass is 32.2. The molecule has 11 heteroatoms. The first kappa shape index (κ1) is 30.5. The van der Waals surface area contributed by atoms with Crippen molar-refractivity contribution in [3.63, 3.8) is 0 Å². The molecular formula is C32H38N4O6S. The fourth-order valence-electron chi connectivity index (χ4n) is 5.50. The molecule has 43 heavy (non-hydrogen) atoms. The number of methoxy groups -OCH3 is 1. The highest BCUT2D eigenvalue weighted by molar-refractivity contribution is 7.90. The molecule has 2 aromatic carbocycles. The van der Waals surface area contributed by atoms with Gasteiger partial charge in [-0.1, -0.05) is 12.1 Å². The molecule has 0 atom stereocenters. The molecule has 0 unspecified atom stereocenters. The monoisotopic (exact) mass is 606 g/mol. The third kappa shape index (κ3) is 8.11. The molecule has 1 N–H and O–H groups in total. The second kappa shape index (κ2) is 13.6. The molecule has 228 valence electrons. The molecule has 0 saturated carbocycles. The summed E-state index contributed by atoms with van der Waals surface area (Å²) in [5.41, 5.74) is 1.94. The van der Waals surface area contributed by atoms with Gasteiger partial charge in [-0.3, -0.25) is 19.5 Å². The first-order valence-electron chi connectivity index (χ1n) is 14.6. The predicted octanol–water partition coefficient (Wildman–Crippen LogP) is 3.57. The Labute approximate surface area is 252 Å². The molecule has 5 rings (SSSR count). The van der Waals surface area contributed by atoms with Gasteiger partial charge in [-0.2, -0.15) is 0 Å². The third-order valence-electron chi connectivity index (χ3n) is 7.99. The highest BCUT2D eigenvalue weighted by Crippen LogP contribution is 2.22. The minimum absolute atomic E-state index is 0.0638. The van der Waals surface area contributed by atoms with E-state index in [1.54, 1.807) is 36.3 Å². The van der Waals surface area contributed by atoms with Crippen LogP contribution < -0.4 is 14.8 Å². The van der Waals surface area contributed by atoms with E-state index in [4.69, 9.17) is 9.47 Å². The number of hydrogen-bond donors (Lipinski definition) is 1. The Balaban J connectivity index is 1.05. The van der Waals surface area contributed by atoms with Gasteiger partial charge in [-0.15, -0.1) is 0 Å².